The second kappa shape index (κ2) is 5.58. The number of rotatable bonds is 3. The quantitative estimate of drug-likeness (QED) is 0.820. The van der Waals surface area contributed by atoms with Crippen LogP contribution in [0.2, 0.25) is 0 Å². The Morgan fingerprint density at radius 3 is 2.58 bits per heavy atom. The summed E-state index contributed by atoms with van der Waals surface area (Å²) in [6.07, 6.45) is -1.81. The number of alkyl carbamates (subject to hydrolysis) is 1. The highest BCUT2D eigenvalue weighted by Crippen LogP contribution is 2.12. The number of aliphatic hydroxyl groups is 1. The normalized spacial score (nSPS) is 24.9. The number of benzene rings is 1. The van der Waals surface area contributed by atoms with Crippen molar-refractivity contribution in [2.45, 2.75) is 18.8 Å². The summed E-state index contributed by atoms with van der Waals surface area (Å²) in [6.45, 7) is 0.0994. The van der Waals surface area contributed by atoms with Crippen LogP contribution in [-0.4, -0.2) is 43.3 Å². The molecule has 6 nitrogen and oxygen atoms in total. The van der Waals surface area contributed by atoms with Crippen LogP contribution in [0.4, 0.5) is 4.79 Å². The largest absolute Gasteiger partial charge is 0.445 e. The van der Waals surface area contributed by atoms with E-state index in [0.717, 1.165) is 5.56 Å². The third kappa shape index (κ3) is 3.93. The average Bonchev–Trinajstić information content (AvgIpc) is 2.61. The van der Waals surface area contributed by atoms with Crippen molar-refractivity contribution in [2.75, 3.05) is 11.5 Å². The molecule has 1 aromatic rings. The maximum Gasteiger partial charge on any atom is 0.407 e. The van der Waals surface area contributed by atoms with Crippen molar-refractivity contribution in [2.24, 2.45) is 0 Å². The molecule has 0 saturated carbocycles. The smallest absolute Gasteiger partial charge is 0.407 e. The first-order valence-electron chi connectivity index (χ1n) is 5.82. The summed E-state index contributed by atoms with van der Waals surface area (Å²) in [4.78, 5) is 11.5. The summed E-state index contributed by atoms with van der Waals surface area (Å²) < 4.78 is 27.5. The maximum atomic E-state index is 11.5. The number of ether oxygens (including phenoxy) is 1. The standard InChI is InChI=1S/C12H15NO5S/c14-11-8-19(16,17)7-10(11)13-12(15)18-6-9-4-2-1-3-5-9/h1-5,10-11,14H,6-8H2,(H,13,15)/t10-,11-/m1/s1. The van der Waals surface area contributed by atoms with Crippen LogP contribution in [0, 0.1) is 0 Å². The van der Waals surface area contributed by atoms with Crippen molar-refractivity contribution in [1.29, 1.82) is 0 Å². The summed E-state index contributed by atoms with van der Waals surface area (Å²) in [5.74, 6) is -0.578. The molecule has 7 heteroatoms. The molecule has 2 N–H and O–H groups in total. The van der Waals surface area contributed by atoms with Crippen LogP contribution in [0.15, 0.2) is 30.3 Å². The third-order valence-electron chi connectivity index (χ3n) is 2.84. The number of hydrogen-bond donors (Lipinski definition) is 2. The number of amides is 1. The molecule has 1 aliphatic heterocycles. The van der Waals surface area contributed by atoms with E-state index in [2.05, 4.69) is 5.32 Å². The van der Waals surface area contributed by atoms with Gasteiger partial charge in [-0.25, -0.2) is 13.2 Å². The third-order valence-corrected chi connectivity index (χ3v) is 4.56. The first-order valence-corrected chi connectivity index (χ1v) is 7.64. The summed E-state index contributed by atoms with van der Waals surface area (Å²) in [6, 6.07) is 8.31. The lowest BCUT2D eigenvalue weighted by molar-refractivity contribution is 0.118. The zero-order valence-electron chi connectivity index (χ0n) is 10.2. The van der Waals surface area contributed by atoms with Crippen molar-refractivity contribution < 1.29 is 23.1 Å². The zero-order chi connectivity index (χ0) is 13.9. The van der Waals surface area contributed by atoms with Gasteiger partial charge in [0.05, 0.1) is 23.7 Å². The number of nitrogens with one attached hydrogen (secondary N) is 1. The zero-order valence-corrected chi connectivity index (χ0v) is 11.0. The van der Waals surface area contributed by atoms with Gasteiger partial charge in [0.2, 0.25) is 0 Å². The first kappa shape index (κ1) is 13.8. The first-order chi connectivity index (χ1) is 8.96. The van der Waals surface area contributed by atoms with Gasteiger partial charge < -0.3 is 15.2 Å². The molecule has 2 atom stereocenters. The minimum absolute atomic E-state index is 0.0994. The fourth-order valence-corrected chi connectivity index (χ4v) is 3.62. The lowest BCUT2D eigenvalue weighted by Gasteiger charge is -2.14. The van der Waals surface area contributed by atoms with E-state index >= 15 is 0 Å². The molecular formula is C12H15NO5S. The molecule has 1 heterocycles. The highest BCUT2D eigenvalue weighted by Gasteiger charge is 2.37. The minimum Gasteiger partial charge on any atom is -0.445 e. The van der Waals surface area contributed by atoms with Crippen LogP contribution in [0.5, 0.6) is 0 Å². The van der Waals surface area contributed by atoms with Gasteiger partial charge >= 0.3 is 6.09 Å². The number of sulfone groups is 1. The van der Waals surface area contributed by atoms with E-state index in [-0.39, 0.29) is 18.1 Å². The Labute approximate surface area is 111 Å². The molecule has 104 valence electrons. The average molecular weight is 285 g/mol. The Morgan fingerprint density at radius 2 is 2.00 bits per heavy atom. The lowest BCUT2D eigenvalue weighted by atomic mass is 10.2. The minimum atomic E-state index is -3.28. The van der Waals surface area contributed by atoms with Crippen LogP contribution in [0.3, 0.4) is 0 Å². The van der Waals surface area contributed by atoms with Crippen molar-refractivity contribution in [3.8, 4) is 0 Å². The number of hydrogen-bond acceptors (Lipinski definition) is 5. The molecule has 19 heavy (non-hydrogen) atoms. The van der Waals surface area contributed by atoms with E-state index in [1.54, 1.807) is 0 Å². The summed E-state index contributed by atoms with van der Waals surface area (Å²) in [7, 11) is -3.28. The Balaban J connectivity index is 1.82. The van der Waals surface area contributed by atoms with Crippen molar-refractivity contribution in [3.63, 3.8) is 0 Å². The molecule has 0 aliphatic carbocycles. The molecule has 0 spiro atoms. The summed E-state index contributed by atoms with van der Waals surface area (Å²) >= 11 is 0. The lowest BCUT2D eigenvalue weighted by Crippen LogP contribution is -2.42. The predicted octanol–water partition coefficient (Wildman–Crippen LogP) is 0.0707. The van der Waals surface area contributed by atoms with E-state index < -0.39 is 28.1 Å². The summed E-state index contributed by atoms with van der Waals surface area (Å²) in [5.41, 5.74) is 0.831. The Bertz CT molecular complexity index is 542. The maximum absolute atomic E-state index is 11.5. The van der Waals surface area contributed by atoms with E-state index in [1.807, 2.05) is 30.3 Å². The van der Waals surface area contributed by atoms with Gasteiger partial charge in [0.25, 0.3) is 0 Å². The molecule has 1 saturated heterocycles. The number of carbonyl (C=O) groups excluding carboxylic acids is 1. The molecule has 0 aromatic heterocycles. The highest BCUT2D eigenvalue weighted by atomic mass is 32.2. The second-order valence-electron chi connectivity index (χ2n) is 4.46. The molecule has 1 amide bonds. The van der Waals surface area contributed by atoms with Gasteiger partial charge in [0.1, 0.15) is 6.61 Å². The molecule has 1 aromatic carbocycles. The topological polar surface area (TPSA) is 92.7 Å². The second-order valence-corrected chi connectivity index (χ2v) is 6.61. The van der Waals surface area contributed by atoms with Crippen molar-refractivity contribution in [1.82, 2.24) is 5.32 Å². The van der Waals surface area contributed by atoms with Gasteiger partial charge in [-0.1, -0.05) is 30.3 Å². The van der Waals surface area contributed by atoms with Crippen LogP contribution in [-0.2, 0) is 21.2 Å². The predicted molar refractivity (Wildman–Crippen MR) is 68.2 cm³/mol. The molecule has 1 aliphatic rings. The van der Waals surface area contributed by atoms with Crippen LogP contribution < -0.4 is 5.32 Å². The molecule has 2 rings (SSSR count). The molecule has 1 fully saturated rings. The SMILES string of the molecule is O=C(N[C@@H]1CS(=O)(=O)C[C@H]1O)OCc1ccccc1. The van der Waals surface area contributed by atoms with Gasteiger partial charge in [0.15, 0.2) is 9.84 Å². The van der Waals surface area contributed by atoms with E-state index in [1.165, 1.54) is 0 Å². The Kier molecular flexibility index (Phi) is 4.06. The Hall–Kier alpha value is -1.60. The van der Waals surface area contributed by atoms with E-state index in [0.29, 0.717) is 0 Å². The monoisotopic (exact) mass is 285 g/mol. The molecule has 0 unspecified atom stereocenters. The van der Waals surface area contributed by atoms with Crippen molar-refractivity contribution >= 4 is 15.9 Å². The number of aliphatic hydroxyl groups excluding tert-OH is 1. The fraction of sp³-hybridized carbons (Fsp3) is 0.417. The van der Waals surface area contributed by atoms with E-state index in [9.17, 15) is 18.3 Å². The van der Waals surface area contributed by atoms with Crippen LogP contribution >= 0.6 is 0 Å². The van der Waals surface area contributed by atoms with Gasteiger partial charge in [-0.3, -0.25) is 0 Å². The van der Waals surface area contributed by atoms with Crippen LogP contribution in [0.25, 0.3) is 0 Å². The van der Waals surface area contributed by atoms with Gasteiger partial charge in [-0.15, -0.1) is 0 Å². The number of carbonyl (C=O) groups is 1. The summed E-state index contributed by atoms with van der Waals surface area (Å²) in [5, 5.41) is 11.9. The van der Waals surface area contributed by atoms with Gasteiger partial charge in [-0.2, -0.15) is 0 Å². The molecule has 0 bridgehead atoms. The van der Waals surface area contributed by atoms with Crippen molar-refractivity contribution in [3.05, 3.63) is 35.9 Å². The fourth-order valence-electron chi connectivity index (χ4n) is 1.88. The van der Waals surface area contributed by atoms with E-state index in [4.69, 9.17) is 4.74 Å². The Morgan fingerprint density at radius 1 is 1.32 bits per heavy atom. The van der Waals surface area contributed by atoms with Crippen LogP contribution in [0.1, 0.15) is 5.56 Å². The highest BCUT2D eigenvalue weighted by molar-refractivity contribution is 7.91. The molecule has 0 radical (unpaired) electrons. The van der Waals surface area contributed by atoms with Gasteiger partial charge in [-0.05, 0) is 5.56 Å². The molecular weight excluding hydrogens is 270 g/mol. The van der Waals surface area contributed by atoms with Gasteiger partial charge in [0, 0.05) is 0 Å².